The normalized spacial score (nSPS) is 18.9. The summed E-state index contributed by atoms with van der Waals surface area (Å²) in [7, 11) is 0. The Morgan fingerprint density at radius 3 is 2.78 bits per heavy atom. The molecule has 2 atom stereocenters. The number of aromatic hydroxyl groups is 1. The molecule has 1 saturated heterocycles. The highest BCUT2D eigenvalue weighted by atomic mass is 35.5. The van der Waals surface area contributed by atoms with Crippen LogP contribution in [-0.4, -0.2) is 45.6 Å². The van der Waals surface area contributed by atoms with Gasteiger partial charge in [-0.15, -0.1) is 0 Å². The SMILES string of the molecule is CCN1C(=O)c2c(O)c(=O)c(C(=O)C[C@H](C)c3cccc(Cl)c3F)cn2N2CCCC[C@@H]12. The molecular weight excluding hydrogens is 437 g/mol. The van der Waals surface area contributed by atoms with E-state index in [4.69, 9.17) is 11.6 Å². The molecule has 32 heavy (non-hydrogen) atoms. The molecule has 2 aliphatic rings. The summed E-state index contributed by atoms with van der Waals surface area (Å²) in [5.41, 5.74) is -0.957. The number of carbonyl (C=O) groups is 2. The zero-order chi connectivity index (χ0) is 23.2. The van der Waals surface area contributed by atoms with Gasteiger partial charge in [0.25, 0.3) is 5.91 Å². The molecule has 7 nitrogen and oxygen atoms in total. The Hall–Kier alpha value is -2.87. The van der Waals surface area contributed by atoms with Crippen molar-refractivity contribution in [2.45, 2.75) is 51.6 Å². The van der Waals surface area contributed by atoms with Gasteiger partial charge in [0.1, 0.15) is 12.0 Å². The van der Waals surface area contributed by atoms with Gasteiger partial charge in [-0.2, -0.15) is 0 Å². The van der Waals surface area contributed by atoms with Crippen LogP contribution < -0.4 is 10.4 Å². The van der Waals surface area contributed by atoms with E-state index in [2.05, 4.69) is 0 Å². The monoisotopic (exact) mass is 461 g/mol. The summed E-state index contributed by atoms with van der Waals surface area (Å²) in [5, 5.41) is 12.5. The smallest absolute Gasteiger partial charge is 0.278 e. The molecule has 3 heterocycles. The lowest BCUT2D eigenvalue weighted by molar-refractivity contribution is 0.0534. The van der Waals surface area contributed by atoms with Crippen LogP contribution >= 0.6 is 11.6 Å². The topological polar surface area (TPSA) is 82.9 Å². The number of Topliss-reactive ketones (excluding diaryl/α,β-unsaturated/α-hetero) is 1. The van der Waals surface area contributed by atoms with Gasteiger partial charge in [-0.05, 0) is 43.7 Å². The molecule has 0 spiro atoms. The van der Waals surface area contributed by atoms with Crippen LogP contribution in [0, 0.1) is 5.82 Å². The Labute approximate surface area is 190 Å². The molecule has 1 N–H and O–H groups in total. The highest BCUT2D eigenvalue weighted by Crippen LogP contribution is 2.31. The summed E-state index contributed by atoms with van der Waals surface area (Å²) >= 11 is 5.85. The Bertz CT molecular complexity index is 1150. The second-order valence-electron chi connectivity index (χ2n) is 8.32. The van der Waals surface area contributed by atoms with E-state index in [1.165, 1.54) is 16.9 Å². The van der Waals surface area contributed by atoms with E-state index in [1.807, 2.05) is 11.9 Å². The quantitative estimate of drug-likeness (QED) is 0.687. The predicted octanol–water partition coefficient (Wildman–Crippen LogP) is 3.65. The highest BCUT2D eigenvalue weighted by Gasteiger charge is 2.40. The number of carbonyl (C=O) groups excluding carboxylic acids is 2. The molecule has 1 amide bonds. The van der Waals surface area contributed by atoms with Crippen molar-refractivity contribution in [3.05, 3.63) is 62.3 Å². The van der Waals surface area contributed by atoms with Crippen molar-refractivity contribution in [1.82, 2.24) is 9.58 Å². The van der Waals surface area contributed by atoms with Crippen LogP contribution in [0.15, 0.2) is 29.2 Å². The first-order valence-corrected chi connectivity index (χ1v) is 11.2. The molecule has 0 aliphatic carbocycles. The number of aromatic nitrogens is 1. The first-order valence-electron chi connectivity index (χ1n) is 10.8. The molecule has 0 saturated carbocycles. The van der Waals surface area contributed by atoms with Crippen molar-refractivity contribution in [3.63, 3.8) is 0 Å². The van der Waals surface area contributed by atoms with Gasteiger partial charge in [-0.3, -0.25) is 24.1 Å². The van der Waals surface area contributed by atoms with Gasteiger partial charge >= 0.3 is 0 Å². The fraction of sp³-hybridized carbons (Fsp3) is 0.435. The van der Waals surface area contributed by atoms with Crippen molar-refractivity contribution >= 4 is 23.3 Å². The fourth-order valence-corrected chi connectivity index (χ4v) is 4.86. The van der Waals surface area contributed by atoms with Crippen molar-refractivity contribution < 1.29 is 19.1 Å². The van der Waals surface area contributed by atoms with Gasteiger partial charge in [-0.1, -0.05) is 30.7 Å². The molecule has 2 aromatic rings. The number of ketones is 1. The summed E-state index contributed by atoms with van der Waals surface area (Å²) in [4.78, 5) is 40.6. The van der Waals surface area contributed by atoms with Gasteiger partial charge < -0.3 is 10.0 Å². The number of pyridine rings is 1. The predicted molar refractivity (Wildman–Crippen MR) is 119 cm³/mol. The second-order valence-corrected chi connectivity index (χ2v) is 8.72. The van der Waals surface area contributed by atoms with Crippen LogP contribution in [0.1, 0.15) is 71.9 Å². The second kappa shape index (κ2) is 8.58. The zero-order valence-electron chi connectivity index (χ0n) is 18.0. The molecular formula is C23H25ClFN3O4. The van der Waals surface area contributed by atoms with Crippen LogP contribution in [0.4, 0.5) is 4.39 Å². The number of hydrogen-bond acceptors (Lipinski definition) is 5. The van der Waals surface area contributed by atoms with E-state index >= 15 is 0 Å². The number of benzene rings is 1. The lowest BCUT2D eigenvalue weighted by atomic mass is 9.93. The minimum Gasteiger partial charge on any atom is -0.502 e. The van der Waals surface area contributed by atoms with E-state index in [0.717, 1.165) is 19.3 Å². The molecule has 4 rings (SSSR count). The van der Waals surface area contributed by atoms with E-state index in [9.17, 15) is 23.9 Å². The van der Waals surface area contributed by atoms with Gasteiger partial charge in [0.2, 0.25) is 5.43 Å². The van der Waals surface area contributed by atoms with E-state index < -0.39 is 34.6 Å². The minimum absolute atomic E-state index is 0.0385. The van der Waals surface area contributed by atoms with E-state index in [-0.39, 0.29) is 34.4 Å². The number of fused-ring (bicyclic) bond motifs is 3. The third-order valence-electron chi connectivity index (χ3n) is 6.35. The Morgan fingerprint density at radius 2 is 2.06 bits per heavy atom. The molecule has 1 aromatic heterocycles. The number of amides is 1. The standard InChI is InChI=1S/C23H25ClFN3O4/c1-3-26-18-9-4-5-10-27(18)28-12-15(21(30)22(31)20(28)23(26)32)17(29)11-13(2)14-7-6-8-16(24)19(14)25/h6-8,12-13,18,31H,3-5,9-11H2,1-2H3/t13-,18-/m0/s1. The molecule has 1 aromatic carbocycles. The first-order chi connectivity index (χ1) is 15.3. The molecule has 0 bridgehead atoms. The zero-order valence-corrected chi connectivity index (χ0v) is 18.7. The Balaban J connectivity index is 1.73. The summed E-state index contributed by atoms with van der Waals surface area (Å²) in [5.74, 6) is -2.83. The lowest BCUT2D eigenvalue weighted by Crippen LogP contribution is -2.63. The van der Waals surface area contributed by atoms with E-state index in [0.29, 0.717) is 13.1 Å². The molecule has 1 fully saturated rings. The summed E-state index contributed by atoms with van der Waals surface area (Å²) in [6, 6.07) is 4.57. The summed E-state index contributed by atoms with van der Waals surface area (Å²) in [6.45, 7) is 4.59. The average Bonchev–Trinajstić information content (AvgIpc) is 2.77. The van der Waals surface area contributed by atoms with Crippen LogP contribution in [-0.2, 0) is 0 Å². The Kier molecular flexibility index (Phi) is 5.99. The number of rotatable bonds is 5. The summed E-state index contributed by atoms with van der Waals surface area (Å²) < 4.78 is 15.8. The maximum atomic E-state index is 14.4. The maximum absolute atomic E-state index is 14.4. The van der Waals surface area contributed by atoms with Crippen molar-refractivity contribution in [2.24, 2.45) is 0 Å². The molecule has 9 heteroatoms. The van der Waals surface area contributed by atoms with Crippen LogP contribution in [0.25, 0.3) is 0 Å². The van der Waals surface area contributed by atoms with Crippen molar-refractivity contribution in [3.8, 4) is 5.75 Å². The van der Waals surface area contributed by atoms with Gasteiger partial charge in [0, 0.05) is 25.7 Å². The van der Waals surface area contributed by atoms with Gasteiger partial charge in [0.05, 0.1) is 10.6 Å². The largest absolute Gasteiger partial charge is 0.502 e. The number of piperidine rings is 1. The molecule has 0 unspecified atom stereocenters. The first kappa shape index (κ1) is 22.3. The van der Waals surface area contributed by atoms with Crippen molar-refractivity contribution in [1.29, 1.82) is 0 Å². The highest BCUT2D eigenvalue weighted by molar-refractivity contribution is 6.30. The van der Waals surface area contributed by atoms with E-state index in [1.54, 1.807) is 24.0 Å². The third kappa shape index (κ3) is 3.56. The number of nitrogens with zero attached hydrogens (tertiary/aromatic N) is 3. The van der Waals surface area contributed by atoms with Crippen LogP contribution in [0.3, 0.4) is 0 Å². The summed E-state index contributed by atoms with van der Waals surface area (Å²) in [6.07, 6.45) is 3.62. The average molecular weight is 462 g/mol. The molecule has 2 aliphatic heterocycles. The lowest BCUT2D eigenvalue weighted by Gasteiger charge is -2.48. The third-order valence-corrected chi connectivity index (χ3v) is 6.65. The van der Waals surface area contributed by atoms with Gasteiger partial charge in [0.15, 0.2) is 17.2 Å². The fourth-order valence-electron chi connectivity index (χ4n) is 4.68. The van der Waals surface area contributed by atoms with Crippen LogP contribution in [0.2, 0.25) is 5.02 Å². The van der Waals surface area contributed by atoms with Crippen molar-refractivity contribution in [2.75, 3.05) is 18.1 Å². The molecule has 0 radical (unpaired) electrons. The Morgan fingerprint density at radius 1 is 1.31 bits per heavy atom. The molecule has 170 valence electrons. The minimum atomic E-state index is -0.889. The number of hydrogen-bond donors (Lipinski definition) is 1. The van der Waals surface area contributed by atoms with Crippen LogP contribution in [0.5, 0.6) is 5.75 Å². The van der Waals surface area contributed by atoms with Gasteiger partial charge in [-0.25, -0.2) is 4.39 Å². The number of halogens is 2. The maximum Gasteiger partial charge on any atom is 0.278 e.